The van der Waals surface area contributed by atoms with Crippen LogP contribution >= 0.6 is 0 Å². The van der Waals surface area contributed by atoms with Gasteiger partial charge in [-0.25, -0.2) is 9.97 Å². The molecular weight excluding hydrogens is 316 g/mol. The number of imidazole rings is 1. The first-order chi connectivity index (χ1) is 12.3. The number of aryl methyl sites for hydroxylation is 1. The Kier molecular flexibility index (Phi) is 4.05. The van der Waals surface area contributed by atoms with Gasteiger partial charge in [0.25, 0.3) is 5.91 Å². The number of aromatic amines is 1. The minimum absolute atomic E-state index is 0.00986. The van der Waals surface area contributed by atoms with E-state index in [2.05, 4.69) is 22.1 Å². The molecule has 0 bridgehead atoms. The van der Waals surface area contributed by atoms with Gasteiger partial charge in [0.15, 0.2) is 0 Å². The van der Waals surface area contributed by atoms with Crippen molar-refractivity contribution in [2.75, 3.05) is 6.54 Å². The Morgan fingerprint density at radius 3 is 3.04 bits per heavy atom. The molecule has 7 heteroatoms. The van der Waals surface area contributed by atoms with Gasteiger partial charge in [0, 0.05) is 31.6 Å². The van der Waals surface area contributed by atoms with Crippen molar-refractivity contribution < 1.29 is 4.79 Å². The molecule has 128 valence electrons. The number of rotatable bonds is 4. The number of carbonyl (C=O) groups excluding carboxylic acids is 1. The fourth-order valence-electron chi connectivity index (χ4n) is 3.41. The van der Waals surface area contributed by atoms with E-state index in [0.29, 0.717) is 5.69 Å². The van der Waals surface area contributed by atoms with Gasteiger partial charge >= 0.3 is 0 Å². The molecular formula is C18H20N6O. The number of likely N-dealkylation sites (tertiary alicyclic amines) is 1. The van der Waals surface area contributed by atoms with E-state index in [-0.39, 0.29) is 11.9 Å². The molecule has 0 radical (unpaired) electrons. The molecule has 0 spiro atoms. The van der Waals surface area contributed by atoms with Crippen molar-refractivity contribution in [2.45, 2.75) is 32.2 Å². The molecule has 4 heterocycles. The molecule has 0 saturated carbocycles. The molecule has 3 aromatic rings. The van der Waals surface area contributed by atoms with Gasteiger partial charge in [-0.2, -0.15) is 5.10 Å². The van der Waals surface area contributed by atoms with E-state index in [1.807, 2.05) is 33.9 Å². The summed E-state index contributed by atoms with van der Waals surface area (Å²) in [4.78, 5) is 23.8. The first-order valence-corrected chi connectivity index (χ1v) is 8.58. The predicted octanol–water partition coefficient (Wildman–Crippen LogP) is 2.53. The Labute approximate surface area is 145 Å². The van der Waals surface area contributed by atoms with E-state index in [1.54, 1.807) is 18.5 Å². The van der Waals surface area contributed by atoms with Crippen LogP contribution in [0.3, 0.4) is 0 Å². The predicted molar refractivity (Wildman–Crippen MR) is 92.3 cm³/mol. The second-order valence-corrected chi connectivity index (χ2v) is 6.11. The Morgan fingerprint density at radius 2 is 2.24 bits per heavy atom. The zero-order valence-corrected chi connectivity index (χ0v) is 14.1. The maximum atomic E-state index is 12.7. The van der Waals surface area contributed by atoms with Crippen LogP contribution in [0.4, 0.5) is 0 Å². The molecule has 1 aliphatic heterocycles. The van der Waals surface area contributed by atoms with E-state index < -0.39 is 0 Å². The maximum Gasteiger partial charge on any atom is 0.272 e. The zero-order valence-electron chi connectivity index (χ0n) is 14.1. The SMILES string of the molecule is CCc1nccn1-c1cccc([C@H]2CCCN2C(=O)c2ccn[nH]2)n1. The van der Waals surface area contributed by atoms with Crippen LogP contribution < -0.4 is 0 Å². The van der Waals surface area contributed by atoms with Gasteiger partial charge in [0.1, 0.15) is 17.3 Å². The van der Waals surface area contributed by atoms with Gasteiger partial charge < -0.3 is 4.90 Å². The first kappa shape index (κ1) is 15.6. The Bertz CT molecular complexity index is 869. The highest BCUT2D eigenvalue weighted by Crippen LogP contribution is 2.32. The molecule has 1 amide bonds. The van der Waals surface area contributed by atoms with Gasteiger partial charge in [0.2, 0.25) is 0 Å². The number of pyridine rings is 1. The van der Waals surface area contributed by atoms with Crippen molar-refractivity contribution in [1.29, 1.82) is 0 Å². The summed E-state index contributed by atoms with van der Waals surface area (Å²) >= 11 is 0. The quantitative estimate of drug-likeness (QED) is 0.794. The molecule has 0 aromatic carbocycles. The van der Waals surface area contributed by atoms with Crippen LogP contribution in [-0.4, -0.2) is 42.1 Å². The molecule has 25 heavy (non-hydrogen) atoms. The molecule has 7 nitrogen and oxygen atoms in total. The van der Waals surface area contributed by atoms with Crippen molar-refractivity contribution in [3.8, 4) is 5.82 Å². The van der Waals surface area contributed by atoms with Gasteiger partial charge in [0.05, 0.1) is 11.7 Å². The number of aromatic nitrogens is 5. The number of nitrogens with one attached hydrogen (secondary N) is 1. The third kappa shape index (κ3) is 2.82. The summed E-state index contributed by atoms with van der Waals surface area (Å²) in [6.45, 7) is 2.81. The van der Waals surface area contributed by atoms with Crippen LogP contribution in [0.25, 0.3) is 5.82 Å². The molecule has 0 unspecified atom stereocenters. The second kappa shape index (κ2) is 6.51. The molecule has 1 N–H and O–H groups in total. The lowest BCUT2D eigenvalue weighted by atomic mass is 10.1. The molecule has 1 atom stereocenters. The van der Waals surface area contributed by atoms with Crippen molar-refractivity contribution >= 4 is 5.91 Å². The number of hydrogen-bond donors (Lipinski definition) is 1. The summed E-state index contributed by atoms with van der Waals surface area (Å²) in [6.07, 6.45) is 8.04. The molecule has 3 aromatic heterocycles. The Morgan fingerprint density at radius 1 is 1.32 bits per heavy atom. The van der Waals surface area contributed by atoms with Crippen LogP contribution in [0.15, 0.2) is 42.9 Å². The normalized spacial score (nSPS) is 17.2. The van der Waals surface area contributed by atoms with E-state index in [4.69, 9.17) is 4.98 Å². The summed E-state index contributed by atoms with van der Waals surface area (Å²) in [6, 6.07) is 7.66. The number of H-pyrrole nitrogens is 1. The topological polar surface area (TPSA) is 79.7 Å². The van der Waals surface area contributed by atoms with Crippen LogP contribution in [0.2, 0.25) is 0 Å². The lowest BCUT2D eigenvalue weighted by Crippen LogP contribution is -2.31. The van der Waals surface area contributed by atoms with Crippen molar-refractivity contribution in [2.24, 2.45) is 0 Å². The summed E-state index contributed by atoms with van der Waals surface area (Å²) in [5, 5.41) is 6.64. The highest BCUT2D eigenvalue weighted by atomic mass is 16.2. The summed E-state index contributed by atoms with van der Waals surface area (Å²) in [5.41, 5.74) is 1.43. The monoisotopic (exact) mass is 336 g/mol. The fraction of sp³-hybridized carbons (Fsp3) is 0.333. The Hall–Kier alpha value is -2.96. The largest absolute Gasteiger partial charge is 0.329 e. The maximum absolute atomic E-state index is 12.7. The molecule has 1 saturated heterocycles. The third-order valence-electron chi connectivity index (χ3n) is 4.62. The average Bonchev–Trinajstić information content (AvgIpc) is 3.42. The number of nitrogens with zero attached hydrogens (tertiary/aromatic N) is 5. The Balaban J connectivity index is 1.65. The minimum atomic E-state index is -0.0240. The molecule has 0 aliphatic carbocycles. The lowest BCUT2D eigenvalue weighted by Gasteiger charge is -2.24. The van der Waals surface area contributed by atoms with E-state index in [9.17, 15) is 4.79 Å². The second-order valence-electron chi connectivity index (χ2n) is 6.11. The molecule has 1 fully saturated rings. The van der Waals surface area contributed by atoms with Gasteiger partial charge in [-0.15, -0.1) is 0 Å². The van der Waals surface area contributed by atoms with Crippen LogP contribution in [0, 0.1) is 0 Å². The first-order valence-electron chi connectivity index (χ1n) is 8.58. The fourth-order valence-corrected chi connectivity index (χ4v) is 3.41. The van der Waals surface area contributed by atoms with E-state index in [0.717, 1.165) is 43.1 Å². The summed E-state index contributed by atoms with van der Waals surface area (Å²) in [7, 11) is 0. The average molecular weight is 336 g/mol. The van der Waals surface area contributed by atoms with Crippen LogP contribution in [-0.2, 0) is 6.42 Å². The third-order valence-corrected chi connectivity index (χ3v) is 4.62. The minimum Gasteiger partial charge on any atom is -0.329 e. The highest BCUT2D eigenvalue weighted by Gasteiger charge is 2.32. The van der Waals surface area contributed by atoms with Crippen molar-refractivity contribution in [3.63, 3.8) is 0 Å². The van der Waals surface area contributed by atoms with Crippen LogP contribution in [0.1, 0.15) is 47.8 Å². The summed E-state index contributed by atoms with van der Waals surface area (Å²) in [5.74, 6) is 1.79. The standard InChI is InChI=1S/C18H20N6O/c1-2-16-19-10-12-24(16)17-7-3-5-13(21-17)15-6-4-11-23(15)18(25)14-8-9-20-22-14/h3,5,7-10,12,15H,2,4,6,11H2,1H3,(H,20,22)/t15-/m1/s1. The van der Waals surface area contributed by atoms with Crippen molar-refractivity contribution in [3.05, 3.63) is 60.1 Å². The van der Waals surface area contributed by atoms with E-state index >= 15 is 0 Å². The van der Waals surface area contributed by atoms with Gasteiger partial charge in [-0.05, 0) is 31.0 Å². The lowest BCUT2D eigenvalue weighted by molar-refractivity contribution is 0.0727. The molecule has 4 rings (SSSR count). The molecule has 1 aliphatic rings. The summed E-state index contributed by atoms with van der Waals surface area (Å²) < 4.78 is 2.00. The zero-order chi connectivity index (χ0) is 17.2. The number of hydrogen-bond acceptors (Lipinski definition) is 4. The van der Waals surface area contributed by atoms with E-state index in [1.165, 1.54) is 0 Å². The smallest absolute Gasteiger partial charge is 0.272 e. The highest BCUT2D eigenvalue weighted by molar-refractivity contribution is 5.92. The number of amides is 1. The van der Waals surface area contributed by atoms with Crippen LogP contribution in [0.5, 0.6) is 0 Å². The van der Waals surface area contributed by atoms with Gasteiger partial charge in [-0.3, -0.25) is 14.5 Å². The number of carbonyl (C=O) groups is 1. The van der Waals surface area contributed by atoms with Gasteiger partial charge in [-0.1, -0.05) is 13.0 Å². The van der Waals surface area contributed by atoms with Crippen molar-refractivity contribution in [1.82, 2.24) is 29.6 Å².